The van der Waals surface area contributed by atoms with E-state index in [4.69, 9.17) is 5.73 Å². The van der Waals surface area contributed by atoms with Crippen molar-refractivity contribution in [2.75, 3.05) is 19.3 Å². The fourth-order valence-electron chi connectivity index (χ4n) is 2.86. The van der Waals surface area contributed by atoms with E-state index >= 15 is 0 Å². The van der Waals surface area contributed by atoms with Gasteiger partial charge in [0.1, 0.15) is 0 Å². The van der Waals surface area contributed by atoms with Gasteiger partial charge in [-0.25, -0.2) is 0 Å². The van der Waals surface area contributed by atoms with Gasteiger partial charge in [-0.05, 0) is 50.7 Å². The van der Waals surface area contributed by atoms with Gasteiger partial charge in [-0.2, -0.15) is 11.8 Å². The Morgan fingerprint density at radius 1 is 1.33 bits per heavy atom. The van der Waals surface area contributed by atoms with Gasteiger partial charge in [0.2, 0.25) is 5.91 Å². The lowest BCUT2D eigenvalue weighted by Gasteiger charge is -2.37. The molecule has 0 atom stereocenters. The second kappa shape index (κ2) is 5.41. The van der Waals surface area contributed by atoms with Gasteiger partial charge in [0.15, 0.2) is 0 Å². The molecule has 3 N–H and O–H groups in total. The van der Waals surface area contributed by atoms with Gasteiger partial charge in [-0.3, -0.25) is 4.79 Å². The molecule has 0 aromatic carbocycles. The zero-order valence-electron chi connectivity index (χ0n) is 11.6. The van der Waals surface area contributed by atoms with E-state index in [-0.39, 0.29) is 11.3 Å². The number of carbonyl (C=O) groups excluding carboxylic acids is 1. The zero-order chi connectivity index (χ0) is 13.2. The number of hydrogen-bond acceptors (Lipinski definition) is 3. The summed E-state index contributed by atoms with van der Waals surface area (Å²) in [6.07, 6.45) is 8.81. The minimum absolute atomic E-state index is 0.206. The van der Waals surface area contributed by atoms with Crippen molar-refractivity contribution >= 4 is 17.7 Å². The van der Waals surface area contributed by atoms with Crippen molar-refractivity contribution < 1.29 is 4.79 Å². The number of amides is 1. The summed E-state index contributed by atoms with van der Waals surface area (Å²) in [7, 11) is 0. The Balaban J connectivity index is 1.89. The van der Waals surface area contributed by atoms with Crippen LogP contribution in [0.25, 0.3) is 0 Å². The fraction of sp³-hybridized carbons (Fsp3) is 0.929. The summed E-state index contributed by atoms with van der Waals surface area (Å²) >= 11 is 1.89. The molecule has 0 unspecified atom stereocenters. The number of nitrogens with one attached hydrogen (secondary N) is 1. The SMILES string of the molecule is CSC1(CNC(=O)C2(CN)CCC(C)CC2)CC1. The smallest absolute Gasteiger partial charge is 0.227 e. The molecule has 0 aromatic heterocycles. The topological polar surface area (TPSA) is 55.1 Å². The monoisotopic (exact) mass is 270 g/mol. The first-order valence-electron chi connectivity index (χ1n) is 7.09. The number of nitrogens with two attached hydrogens (primary N) is 1. The molecular formula is C14H26N2OS. The number of rotatable bonds is 5. The van der Waals surface area contributed by atoms with Crippen molar-refractivity contribution in [3.63, 3.8) is 0 Å². The maximum Gasteiger partial charge on any atom is 0.227 e. The highest BCUT2D eigenvalue weighted by molar-refractivity contribution is 8.00. The molecule has 2 rings (SSSR count). The molecule has 4 heteroatoms. The quantitative estimate of drug-likeness (QED) is 0.805. The van der Waals surface area contributed by atoms with E-state index in [1.807, 2.05) is 11.8 Å². The Hall–Kier alpha value is -0.220. The number of thioether (sulfide) groups is 1. The van der Waals surface area contributed by atoms with Crippen molar-refractivity contribution in [3.8, 4) is 0 Å². The summed E-state index contributed by atoms with van der Waals surface area (Å²) < 4.78 is 0.341. The summed E-state index contributed by atoms with van der Waals surface area (Å²) in [5.41, 5.74) is 5.63. The average Bonchev–Trinajstić information content (AvgIpc) is 3.18. The van der Waals surface area contributed by atoms with Crippen LogP contribution in [-0.4, -0.2) is 30.0 Å². The summed E-state index contributed by atoms with van der Waals surface area (Å²) in [6.45, 7) is 3.59. The van der Waals surface area contributed by atoms with Crippen molar-refractivity contribution in [1.29, 1.82) is 0 Å². The molecule has 2 saturated carbocycles. The Morgan fingerprint density at radius 2 is 1.94 bits per heavy atom. The molecule has 3 nitrogen and oxygen atoms in total. The minimum Gasteiger partial charge on any atom is -0.354 e. The van der Waals surface area contributed by atoms with Crippen molar-refractivity contribution in [2.45, 2.75) is 50.2 Å². The summed E-state index contributed by atoms with van der Waals surface area (Å²) in [4.78, 5) is 12.4. The molecule has 0 aromatic rings. The van der Waals surface area contributed by atoms with E-state index in [0.29, 0.717) is 11.3 Å². The van der Waals surface area contributed by atoms with Crippen molar-refractivity contribution in [2.24, 2.45) is 17.1 Å². The fourth-order valence-corrected chi connectivity index (χ4v) is 3.59. The molecule has 104 valence electrons. The van der Waals surface area contributed by atoms with Gasteiger partial charge in [-0.15, -0.1) is 0 Å². The second-order valence-corrected chi connectivity index (χ2v) is 7.51. The summed E-state index contributed by atoms with van der Waals surface area (Å²) in [5.74, 6) is 0.954. The molecule has 0 heterocycles. The maximum absolute atomic E-state index is 12.4. The molecule has 0 spiro atoms. The Bertz CT molecular complexity index is 307. The first kappa shape index (κ1) is 14.2. The highest BCUT2D eigenvalue weighted by Gasteiger charge is 2.44. The number of hydrogen-bond donors (Lipinski definition) is 2. The predicted molar refractivity (Wildman–Crippen MR) is 77.6 cm³/mol. The summed E-state index contributed by atoms with van der Waals surface area (Å²) in [6, 6.07) is 0. The lowest BCUT2D eigenvalue weighted by Crippen LogP contribution is -2.49. The molecule has 1 amide bonds. The van der Waals surface area contributed by atoms with Crippen LogP contribution in [0.1, 0.15) is 45.4 Å². The van der Waals surface area contributed by atoms with E-state index in [1.165, 1.54) is 12.8 Å². The van der Waals surface area contributed by atoms with E-state index < -0.39 is 0 Å². The molecule has 2 fully saturated rings. The van der Waals surface area contributed by atoms with Crippen LogP contribution in [0.3, 0.4) is 0 Å². The van der Waals surface area contributed by atoms with Crippen LogP contribution >= 0.6 is 11.8 Å². The van der Waals surface area contributed by atoms with Gasteiger partial charge in [0, 0.05) is 17.8 Å². The Morgan fingerprint density at radius 3 is 2.39 bits per heavy atom. The lowest BCUT2D eigenvalue weighted by molar-refractivity contribution is -0.132. The molecule has 2 aliphatic rings. The van der Waals surface area contributed by atoms with E-state index in [1.54, 1.807) is 0 Å². The van der Waals surface area contributed by atoms with Gasteiger partial charge in [0.05, 0.1) is 5.41 Å². The number of carbonyl (C=O) groups is 1. The first-order chi connectivity index (χ1) is 8.56. The van der Waals surface area contributed by atoms with Gasteiger partial charge >= 0.3 is 0 Å². The van der Waals surface area contributed by atoms with Crippen LogP contribution in [0.15, 0.2) is 0 Å². The van der Waals surface area contributed by atoms with Crippen molar-refractivity contribution in [1.82, 2.24) is 5.32 Å². The van der Waals surface area contributed by atoms with Crippen LogP contribution in [0.4, 0.5) is 0 Å². The molecule has 18 heavy (non-hydrogen) atoms. The van der Waals surface area contributed by atoms with Crippen LogP contribution in [0.2, 0.25) is 0 Å². The standard InChI is InChI=1S/C14H26N2OS/c1-11-3-5-13(9-15,6-4-11)12(17)16-10-14(18-2)7-8-14/h11H,3-10,15H2,1-2H3,(H,16,17). The zero-order valence-corrected chi connectivity index (χ0v) is 12.4. The normalized spacial score (nSPS) is 34.1. The van der Waals surface area contributed by atoms with Crippen molar-refractivity contribution in [3.05, 3.63) is 0 Å². The van der Waals surface area contributed by atoms with Crippen LogP contribution in [0.5, 0.6) is 0 Å². The average molecular weight is 270 g/mol. The van der Waals surface area contributed by atoms with Gasteiger partial charge in [-0.1, -0.05) is 6.92 Å². The molecule has 0 bridgehead atoms. The molecular weight excluding hydrogens is 244 g/mol. The third-order valence-electron chi connectivity index (χ3n) is 4.92. The van der Waals surface area contributed by atoms with E-state index in [9.17, 15) is 4.79 Å². The molecule has 2 aliphatic carbocycles. The third kappa shape index (κ3) is 2.85. The first-order valence-corrected chi connectivity index (χ1v) is 8.32. The molecule has 0 aliphatic heterocycles. The second-order valence-electron chi connectivity index (χ2n) is 6.24. The third-order valence-corrected chi connectivity index (χ3v) is 6.33. The predicted octanol–water partition coefficient (Wildman–Crippen LogP) is 2.15. The van der Waals surface area contributed by atoms with Gasteiger partial charge in [0.25, 0.3) is 0 Å². The molecule has 0 saturated heterocycles. The highest BCUT2D eigenvalue weighted by Crippen LogP contribution is 2.47. The molecule has 0 radical (unpaired) electrons. The Kier molecular flexibility index (Phi) is 4.27. The van der Waals surface area contributed by atoms with E-state index in [2.05, 4.69) is 18.5 Å². The van der Waals surface area contributed by atoms with Crippen LogP contribution < -0.4 is 11.1 Å². The Labute approximate surface area is 115 Å². The van der Waals surface area contributed by atoms with Crippen LogP contribution in [-0.2, 0) is 4.79 Å². The lowest BCUT2D eigenvalue weighted by atomic mass is 9.70. The highest BCUT2D eigenvalue weighted by atomic mass is 32.2. The summed E-state index contributed by atoms with van der Waals surface area (Å²) in [5, 5.41) is 3.17. The van der Waals surface area contributed by atoms with E-state index in [0.717, 1.165) is 38.1 Å². The largest absolute Gasteiger partial charge is 0.354 e. The maximum atomic E-state index is 12.4. The van der Waals surface area contributed by atoms with Gasteiger partial charge < -0.3 is 11.1 Å². The minimum atomic E-state index is -0.277. The van der Waals surface area contributed by atoms with Crippen LogP contribution in [0, 0.1) is 11.3 Å².